The Morgan fingerprint density at radius 1 is 1.00 bits per heavy atom. The van der Waals surface area contributed by atoms with Crippen LogP contribution in [0.5, 0.6) is 0 Å². The van der Waals surface area contributed by atoms with Crippen molar-refractivity contribution in [2.45, 2.75) is 19.3 Å². The minimum atomic E-state index is -0.362. The Bertz CT molecular complexity index is 761. The topological polar surface area (TPSA) is 32.3 Å². The molecular weight excluding hydrogens is 350 g/mol. The van der Waals surface area contributed by atoms with Gasteiger partial charge in [-0.05, 0) is 55.7 Å². The molecule has 0 aromatic heterocycles. The predicted octanol–water partition coefficient (Wildman–Crippen LogP) is 5.38. The standard InChI is InChI=1S/C18H17Cl2FN2O/c19-14-6-4-12(10-15(14)20)18(24)22-13-5-7-17(16(21)11-13)23-8-2-1-3-9-23/h4-7,10-11H,1-3,8-9H2,(H,22,24). The maximum absolute atomic E-state index is 14.4. The first kappa shape index (κ1) is 17.1. The van der Waals surface area contributed by atoms with E-state index >= 15 is 0 Å². The summed E-state index contributed by atoms with van der Waals surface area (Å²) in [4.78, 5) is 14.3. The van der Waals surface area contributed by atoms with E-state index in [9.17, 15) is 9.18 Å². The van der Waals surface area contributed by atoms with E-state index < -0.39 is 0 Å². The molecule has 6 heteroatoms. The van der Waals surface area contributed by atoms with Gasteiger partial charge in [0.05, 0.1) is 15.7 Å². The number of carbonyl (C=O) groups excluding carboxylic acids is 1. The van der Waals surface area contributed by atoms with E-state index in [-0.39, 0.29) is 11.7 Å². The maximum atomic E-state index is 14.4. The highest BCUT2D eigenvalue weighted by Crippen LogP contribution is 2.27. The summed E-state index contributed by atoms with van der Waals surface area (Å²) in [6.45, 7) is 1.73. The van der Waals surface area contributed by atoms with E-state index in [1.807, 2.05) is 4.90 Å². The first-order valence-corrected chi connectivity index (χ1v) is 8.61. The quantitative estimate of drug-likeness (QED) is 0.791. The van der Waals surface area contributed by atoms with Crippen molar-refractivity contribution in [1.82, 2.24) is 0 Å². The van der Waals surface area contributed by atoms with E-state index in [0.717, 1.165) is 25.9 Å². The Morgan fingerprint density at radius 3 is 2.42 bits per heavy atom. The van der Waals surface area contributed by atoms with Crippen LogP contribution >= 0.6 is 23.2 Å². The van der Waals surface area contributed by atoms with Gasteiger partial charge < -0.3 is 10.2 Å². The van der Waals surface area contributed by atoms with Gasteiger partial charge in [-0.15, -0.1) is 0 Å². The molecule has 1 aliphatic rings. The summed E-state index contributed by atoms with van der Waals surface area (Å²) in [5.41, 5.74) is 1.36. The summed E-state index contributed by atoms with van der Waals surface area (Å²) in [6, 6.07) is 9.38. The number of nitrogens with one attached hydrogen (secondary N) is 1. The normalized spacial score (nSPS) is 14.5. The highest BCUT2D eigenvalue weighted by molar-refractivity contribution is 6.42. The van der Waals surface area contributed by atoms with Gasteiger partial charge in [-0.3, -0.25) is 4.79 Å². The fourth-order valence-electron chi connectivity index (χ4n) is 2.82. The molecule has 0 atom stereocenters. The van der Waals surface area contributed by atoms with Crippen LogP contribution in [0.2, 0.25) is 10.0 Å². The number of amides is 1. The monoisotopic (exact) mass is 366 g/mol. The number of piperidine rings is 1. The molecule has 1 N–H and O–H groups in total. The second kappa shape index (κ2) is 7.41. The average molecular weight is 367 g/mol. The van der Waals surface area contributed by atoms with Crippen LogP contribution in [0.3, 0.4) is 0 Å². The zero-order valence-electron chi connectivity index (χ0n) is 13.0. The first-order chi connectivity index (χ1) is 11.5. The lowest BCUT2D eigenvalue weighted by atomic mass is 10.1. The molecule has 1 heterocycles. The summed E-state index contributed by atoms with van der Waals surface area (Å²) in [5.74, 6) is -0.692. The number of hydrogen-bond acceptors (Lipinski definition) is 2. The van der Waals surface area contributed by atoms with Crippen molar-refractivity contribution < 1.29 is 9.18 Å². The summed E-state index contributed by atoms with van der Waals surface area (Å²) in [7, 11) is 0. The Hall–Kier alpha value is -1.78. The van der Waals surface area contributed by atoms with Crippen molar-refractivity contribution in [3.8, 4) is 0 Å². The molecule has 0 saturated carbocycles. The highest BCUT2D eigenvalue weighted by atomic mass is 35.5. The Morgan fingerprint density at radius 2 is 1.75 bits per heavy atom. The van der Waals surface area contributed by atoms with Crippen LogP contribution in [-0.4, -0.2) is 19.0 Å². The number of carbonyl (C=O) groups is 1. The van der Waals surface area contributed by atoms with Gasteiger partial charge in [0.1, 0.15) is 5.82 Å². The van der Waals surface area contributed by atoms with Crippen LogP contribution < -0.4 is 10.2 Å². The van der Waals surface area contributed by atoms with Gasteiger partial charge in [-0.25, -0.2) is 4.39 Å². The van der Waals surface area contributed by atoms with Crippen molar-refractivity contribution in [3.05, 3.63) is 57.8 Å². The Balaban J connectivity index is 1.74. The van der Waals surface area contributed by atoms with Crippen molar-refractivity contribution in [2.75, 3.05) is 23.3 Å². The van der Waals surface area contributed by atoms with Crippen LogP contribution in [0, 0.1) is 5.82 Å². The number of rotatable bonds is 3. The molecule has 1 amide bonds. The van der Waals surface area contributed by atoms with Crippen LogP contribution in [0.25, 0.3) is 0 Å². The Labute approximate surface area is 150 Å². The molecule has 1 fully saturated rings. The van der Waals surface area contributed by atoms with Crippen LogP contribution in [0.1, 0.15) is 29.6 Å². The number of benzene rings is 2. The third kappa shape index (κ3) is 3.82. The van der Waals surface area contributed by atoms with Crippen molar-refractivity contribution in [3.63, 3.8) is 0 Å². The number of hydrogen-bond donors (Lipinski definition) is 1. The summed E-state index contributed by atoms with van der Waals surface area (Å²) in [5, 5.41) is 3.36. The first-order valence-electron chi connectivity index (χ1n) is 7.85. The molecule has 0 bridgehead atoms. The molecule has 3 nitrogen and oxygen atoms in total. The van der Waals surface area contributed by atoms with Gasteiger partial charge in [0.15, 0.2) is 0 Å². The van der Waals surface area contributed by atoms with Crippen LogP contribution in [0.4, 0.5) is 15.8 Å². The molecule has 2 aromatic carbocycles. The average Bonchev–Trinajstić information content (AvgIpc) is 2.58. The minimum absolute atomic E-state index is 0.302. The molecule has 0 spiro atoms. The fourth-order valence-corrected chi connectivity index (χ4v) is 3.11. The van der Waals surface area contributed by atoms with Gasteiger partial charge in [-0.1, -0.05) is 23.2 Å². The second-order valence-corrected chi connectivity index (χ2v) is 6.61. The van der Waals surface area contributed by atoms with Gasteiger partial charge in [0, 0.05) is 24.3 Å². The largest absolute Gasteiger partial charge is 0.369 e. The molecule has 0 aliphatic carbocycles. The SMILES string of the molecule is O=C(Nc1ccc(N2CCCCC2)c(F)c1)c1ccc(Cl)c(Cl)c1. The van der Waals surface area contributed by atoms with E-state index in [1.54, 1.807) is 24.3 Å². The molecular formula is C18H17Cl2FN2O. The number of halogens is 3. The van der Waals surface area contributed by atoms with E-state index in [2.05, 4.69) is 5.32 Å². The maximum Gasteiger partial charge on any atom is 0.255 e. The smallest absolute Gasteiger partial charge is 0.255 e. The lowest BCUT2D eigenvalue weighted by Gasteiger charge is -2.29. The number of nitrogens with zero attached hydrogens (tertiary/aromatic N) is 1. The van der Waals surface area contributed by atoms with Gasteiger partial charge in [0.25, 0.3) is 5.91 Å². The van der Waals surface area contributed by atoms with E-state index in [0.29, 0.717) is 27.0 Å². The fraction of sp³-hybridized carbons (Fsp3) is 0.278. The molecule has 1 aliphatic heterocycles. The molecule has 24 heavy (non-hydrogen) atoms. The zero-order chi connectivity index (χ0) is 17.1. The zero-order valence-corrected chi connectivity index (χ0v) is 14.5. The highest BCUT2D eigenvalue weighted by Gasteiger charge is 2.16. The summed E-state index contributed by atoms with van der Waals surface area (Å²) in [6.07, 6.45) is 3.35. The molecule has 3 rings (SSSR count). The third-order valence-electron chi connectivity index (χ3n) is 4.08. The summed E-state index contributed by atoms with van der Waals surface area (Å²) >= 11 is 11.8. The minimum Gasteiger partial charge on any atom is -0.369 e. The number of anilines is 2. The molecule has 2 aromatic rings. The molecule has 0 radical (unpaired) electrons. The van der Waals surface area contributed by atoms with Gasteiger partial charge >= 0.3 is 0 Å². The molecule has 126 valence electrons. The predicted molar refractivity (Wildman–Crippen MR) is 96.9 cm³/mol. The van der Waals surface area contributed by atoms with Crippen LogP contribution in [-0.2, 0) is 0 Å². The molecule has 0 unspecified atom stereocenters. The van der Waals surface area contributed by atoms with Gasteiger partial charge in [0.2, 0.25) is 0 Å². The van der Waals surface area contributed by atoms with Gasteiger partial charge in [-0.2, -0.15) is 0 Å². The molecule has 1 saturated heterocycles. The summed E-state index contributed by atoms with van der Waals surface area (Å²) < 4.78 is 14.4. The van der Waals surface area contributed by atoms with Crippen LogP contribution in [0.15, 0.2) is 36.4 Å². The second-order valence-electron chi connectivity index (χ2n) is 5.80. The third-order valence-corrected chi connectivity index (χ3v) is 4.82. The van der Waals surface area contributed by atoms with Crippen molar-refractivity contribution in [2.24, 2.45) is 0 Å². The Kier molecular flexibility index (Phi) is 5.27. The van der Waals surface area contributed by atoms with E-state index in [4.69, 9.17) is 23.2 Å². The van der Waals surface area contributed by atoms with E-state index in [1.165, 1.54) is 18.6 Å². The lowest BCUT2D eigenvalue weighted by molar-refractivity contribution is 0.102. The van der Waals surface area contributed by atoms with Crippen molar-refractivity contribution in [1.29, 1.82) is 0 Å². The lowest BCUT2D eigenvalue weighted by Crippen LogP contribution is -2.30. The van der Waals surface area contributed by atoms with Crippen molar-refractivity contribution >= 4 is 40.5 Å².